The average Bonchev–Trinajstić information content (AvgIpc) is 2.76. The van der Waals surface area contributed by atoms with Gasteiger partial charge in [-0.3, -0.25) is 4.52 Å². The number of hydrogen-bond donors (Lipinski definition) is 0. The fraction of sp³-hybridized carbons (Fsp3) is 1.00. The number of unbranched alkanes of at least 4 members (excludes halogenated alkanes) is 2. The summed E-state index contributed by atoms with van der Waals surface area (Å²) < 4.78 is 247. The Labute approximate surface area is 226 Å². The molecular weight excluding hydrogens is 662 g/mol. The zero-order valence-corrected chi connectivity index (χ0v) is 22.0. The molecule has 0 aliphatic heterocycles. The van der Waals surface area contributed by atoms with Crippen molar-refractivity contribution in [1.82, 2.24) is 0 Å². The lowest BCUT2D eigenvalue weighted by Gasteiger charge is -2.41. The highest BCUT2D eigenvalue weighted by atomic mass is 31.2. The normalized spacial score (nSPS) is 15.8. The van der Waals surface area contributed by atoms with Crippen LogP contribution in [0, 0.1) is 5.41 Å². The highest BCUT2D eigenvalue weighted by Crippen LogP contribution is 2.52. The van der Waals surface area contributed by atoms with Crippen LogP contribution >= 0.6 is 7.99 Å². The lowest BCUT2D eigenvalue weighted by molar-refractivity contribution is -0.312. The number of ether oxygens (including phenoxy) is 3. The molecule has 0 bridgehead atoms. The summed E-state index contributed by atoms with van der Waals surface area (Å²) in [6, 6.07) is 0. The quantitative estimate of drug-likeness (QED) is 0.0774. The van der Waals surface area contributed by atoms with E-state index in [0.717, 1.165) is 0 Å². The van der Waals surface area contributed by atoms with E-state index in [1.54, 1.807) is 0 Å². The Morgan fingerprint density at radius 2 is 0.952 bits per heavy atom. The van der Waals surface area contributed by atoms with Crippen molar-refractivity contribution in [3.63, 3.8) is 0 Å². The molecule has 0 spiro atoms. The van der Waals surface area contributed by atoms with Crippen molar-refractivity contribution in [2.24, 2.45) is 5.41 Å². The van der Waals surface area contributed by atoms with Gasteiger partial charge in [0, 0.05) is 0 Å². The van der Waals surface area contributed by atoms with Gasteiger partial charge in [-0.05, 0) is 6.42 Å². The molecule has 0 aromatic rings. The third-order valence-corrected chi connectivity index (χ3v) is 5.74. The van der Waals surface area contributed by atoms with Gasteiger partial charge in [-0.15, -0.1) is 8.39 Å². The Bertz CT molecular complexity index is 821. The largest absolute Gasteiger partial charge is 0.551 e. The first kappa shape index (κ1) is 40.9. The molecular formula is C19H24F17O5P. The van der Waals surface area contributed by atoms with Crippen LogP contribution in [0.4, 0.5) is 74.3 Å². The van der Waals surface area contributed by atoms with Crippen molar-refractivity contribution in [2.75, 3.05) is 39.6 Å². The summed E-state index contributed by atoms with van der Waals surface area (Å²) in [5.74, 6) is -17.2. The molecule has 0 radical (unpaired) electrons. The Hall–Kier alpha value is -1.12. The van der Waals surface area contributed by atoms with Crippen molar-refractivity contribution in [3.8, 4) is 0 Å². The molecule has 1 unspecified atom stereocenters. The maximum Gasteiger partial charge on any atom is 0.551 e. The second-order valence-electron chi connectivity index (χ2n) is 8.94. The fourth-order valence-corrected chi connectivity index (χ4v) is 3.38. The summed E-state index contributed by atoms with van der Waals surface area (Å²) >= 11 is 0. The fourth-order valence-electron chi connectivity index (χ4n) is 2.97. The predicted octanol–water partition coefficient (Wildman–Crippen LogP) is 8.63. The van der Waals surface area contributed by atoms with Crippen molar-refractivity contribution >= 4 is 7.99 Å². The SMILES string of the molecule is CCCCCC(OCC(F)(F)C(F)(F)F)C(COCC(F)(F)C(F)(F)F)(COCC(F)(F)C(F)(F)F)COP(=O)(F)F. The minimum absolute atomic E-state index is 0.0389. The molecule has 0 saturated heterocycles. The van der Waals surface area contributed by atoms with Crippen LogP contribution in [0.1, 0.15) is 32.6 Å². The van der Waals surface area contributed by atoms with Gasteiger partial charge >= 0.3 is 44.3 Å². The standard InChI is InChI=1S/C19H24F17O5P/c1-2-3-4-5-12(40-11-16(24,25)19(32,33)34)13(8-41-42(35,36)37,6-38-9-14(20,21)17(26,27)28)7-39-10-15(22,23)18(29,30)31/h12H,2-11H2,1H3. The van der Waals surface area contributed by atoms with Crippen LogP contribution in [0.25, 0.3) is 0 Å². The van der Waals surface area contributed by atoms with E-state index < -0.39 is 102 Å². The van der Waals surface area contributed by atoms with Gasteiger partial charge in [0.1, 0.15) is 19.8 Å². The minimum atomic E-state index is -6.75. The van der Waals surface area contributed by atoms with Gasteiger partial charge in [0.05, 0.1) is 31.3 Å². The molecule has 0 aromatic carbocycles. The predicted molar refractivity (Wildman–Crippen MR) is 107 cm³/mol. The number of halogens is 17. The Morgan fingerprint density at radius 3 is 1.29 bits per heavy atom. The molecule has 0 heterocycles. The molecule has 0 rings (SSSR count). The highest BCUT2D eigenvalue weighted by molar-refractivity contribution is 7.47. The van der Waals surface area contributed by atoms with Crippen LogP contribution < -0.4 is 0 Å². The van der Waals surface area contributed by atoms with E-state index in [9.17, 15) is 78.8 Å². The van der Waals surface area contributed by atoms with Gasteiger partial charge < -0.3 is 14.2 Å². The van der Waals surface area contributed by atoms with Crippen molar-refractivity contribution < 1.29 is 97.5 Å². The molecule has 0 saturated carbocycles. The van der Waals surface area contributed by atoms with Gasteiger partial charge in [0.25, 0.3) is 0 Å². The van der Waals surface area contributed by atoms with Crippen LogP contribution in [-0.4, -0.2) is 82.0 Å². The Morgan fingerprint density at radius 1 is 0.571 bits per heavy atom. The molecule has 0 aromatic heterocycles. The maximum absolute atomic E-state index is 13.6. The van der Waals surface area contributed by atoms with Crippen molar-refractivity contribution in [2.45, 2.75) is 75.0 Å². The van der Waals surface area contributed by atoms with E-state index in [-0.39, 0.29) is 19.3 Å². The van der Waals surface area contributed by atoms with Crippen LogP contribution in [0.5, 0.6) is 0 Å². The van der Waals surface area contributed by atoms with E-state index in [1.807, 2.05) is 0 Å². The number of hydrogen-bond acceptors (Lipinski definition) is 5. The lowest BCUT2D eigenvalue weighted by Crippen LogP contribution is -2.52. The summed E-state index contributed by atoms with van der Waals surface area (Å²) in [6.07, 6.45) is -22.4. The summed E-state index contributed by atoms with van der Waals surface area (Å²) in [6.45, 7) is -12.5. The molecule has 23 heteroatoms. The molecule has 0 fully saturated rings. The number of rotatable bonds is 19. The van der Waals surface area contributed by atoms with Crippen LogP contribution in [-0.2, 0) is 23.3 Å². The maximum atomic E-state index is 13.6. The van der Waals surface area contributed by atoms with Crippen LogP contribution in [0.15, 0.2) is 0 Å². The average molecular weight is 686 g/mol. The van der Waals surface area contributed by atoms with Gasteiger partial charge in [0.2, 0.25) is 0 Å². The van der Waals surface area contributed by atoms with E-state index in [0.29, 0.717) is 0 Å². The van der Waals surface area contributed by atoms with Gasteiger partial charge in [0.15, 0.2) is 0 Å². The van der Waals surface area contributed by atoms with Gasteiger partial charge in [-0.25, -0.2) is 4.57 Å². The smallest absolute Gasteiger partial charge is 0.374 e. The first-order valence-electron chi connectivity index (χ1n) is 11.3. The Kier molecular flexibility index (Phi) is 14.4. The van der Waals surface area contributed by atoms with Gasteiger partial charge in [-0.2, -0.15) is 65.9 Å². The topological polar surface area (TPSA) is 54.0 Å². The molecule has 42 heavy (non-hydrogen) atoms. The van der Waals surface area contributed by atoms with Crippen LogP contribution in [0.3, 0.4) is 0 Å². The summed E-state index contributed by atoms with van der Waals surface area (Å²) in [4.78, 5) is 0. The highest BCUT2D eigenvalue weighted by Gasteiger charge is 2.61. The first-order valence-corrected chi connectivity index (χ1v) is 12.7. The molecule has 0 aliphatic rings. The van der Waals surface area contributed by atoms with E-state index >= 15 is 0 Å². The second-order valence-corrected chi connectivity index (χ2v) is 10.0. The summed E-state index contributed by atoms with van der Waals surface area (Å²) in [5, 5.41) is 0. The number of alkyl halides is 15. The second kappa shape index (κ2) is 14.8. The van der Waals surface area contributed by atoms with Gasteiger partial charge in [-0.1, -0.05) is 26.2 Å². The van der Waals surface area contributed by atoms with E-state index in [4.69, 9.17) is 0 Å². The molecule has 254 valence electrons. The molecule has 5 nitrogen and oxygen atoms in total. The third-order valence-electron chi connectivity index (χ3n) is 5.31. The third kappa shape index (κ3) is 12.9. The molecule has 0 aliphatic carbocycles. The summed E-state index contributed by atoms with van der Waals surface area (Å²) in [7, 11) is -6.75. The van der Waals surface area contributed by atoms with Crippen molar-refractivity contribution in [3.05, 3.63) is 0 Å². The molecule has 0 amide bonds. The lowest BCUT2D eigenvalue weighted by atomic mass is 9.81. The van der Waals surface area contributed by atoms with E-state index in [2.05, 4.69) is 18.7 Å². The monoisotopic (exact) mass is 686 g/mol. The van der Waals surface area contributed by atoms with Crippen LogP contribution in [0.2, 0.25) is 0 Å². The minimum Gasteiger partial charge on any atom is -0.374 e. The first-order chi connectivity index (χ1) is 18.5. The van der Waals surface area contributed by atoms with E-state index in [1.165, 1.54) is 6.92 Å². The Balaban J connectivity index is 6.69. The molecule has 0 N–H and O–H groups in total. The summed E-state index contributed by atoms with van der Waals surface area (Å²) in [5.41, 5.74) is -3.19. The zero-order valence-electron chi connectivity index (χ0n) is 21.1. The zero-order chi connectivity index (χ0) is 33.5. The van der Waals surface area contributed by atoms with Crippen molar-refractivity contribution in [1.29, 1.82) is 0 Å². The molecule has 1 atom stereocenters.